The molecule has 5 heteroatoms. The van der Waals surface area contributed by atoms with Gasteiger partial charge in [-0.05, 0) is 29.8 Å². The highest BCUT2D eigenvalue weighted by Crippen LogP contribution is 2.29. The van der Waals surface area contributed by atoms with Crippen LogP contribution in [0.15, 0.2) is 48.8 Å². The molecule has 1 aromatic carbocycles. The van der Waals surface area contributed by atoms with Gasteiger partial charge >= 0.3 is 6.18 Å². The monoisotopic (exact) mass is 265 g/mol. The van der Waals surface area contributed by atoms with E-state index in [9.17, 15) is 18.0 Å². The summed E-state index contributed by atoms with van der Waals surface area (Å²) >= 11 is 0. The molecule has 0 saturated heterocycles. The summed E-state index contributed by atoms with van der Waals surface area (Å²) in [6.07, 6.45) is -1.28. The Morgan fingerprint density at radius 3 is 2.11 bits per heavy atom. The Morgan fingerprint density at radius 1 is 1.00 bits per heavy atom. The van der Waals surface area contributed by atoms with Crippen molar-refractivity contribution in [2.75, 3.05) is 0 Å². The van der Waals surface area contributed by atoms with Crippen molar-refractivity contribution >= 4 is 5.78 Å². The van der Waals surface area contributed by atoms with Crippen LogP contribution in [0.2, 0.25) is 0 Å². The van der Waals surface area contributed by atoms with Crippen molar-refractivity contribution in [2.45, 2.75) is 12.6 Å². The largest absolute Gasteiger partial charge is 0.416 e. The third kappa shape index (κ3) is 3.40. The van der Waals surface area contributed by atoms with Crippen molar-refractivity contribution in [3.63, 3.8) is 0 Å². The highest BCUT2D eigenvalue weighted by atomic mass is 19.4. The van der Waals surface area contributed by atoms with Gasteiger partial charge in [0, 0.05) is 24.4 Å². The van der Waals surface area contributed by atoms with Crippen molar-refractivity contribution < 1.29 is 18.0 Å². The minimum Gasteiger partial charge on any atom is -0.294 e. The molecule has 0 amide bonds. The van der Waals surface area contributed by atoms with Crippen molar-refractivity contribution in [1.29, 1.82) is 0 Å². The van der Waals surface area contributed by atoms with Crippen LogP contribution in [0.4, 0.5) is 13.2 Å². The van der Waals surface area contributed by atoms with E-state index < -0.39 is 11.7 Å². The molecule has 2 aromatic rings. The quantitative estimate of drug-likeness (QED) is 0.795. The minimum atomic E-state index is -4.35. The smallest absolute Gasteiger partial charge is 0.294 e. The predicted octanol–water partition coefficient (Wildman–Crippen LogP) is 3.53. The van der Waals surface area contributed by atoms with Crippen LogP contribution >= 0.6 is 0 Å². The molecule has 0 aliphatic carbocycles. The number of Topliss-reactive ketones (excluding diaryl/α,β-unsaturated/α-hetero) is 1. The Labute approximate surface area is 107 Å². The van der Waals surface area contributed by atoms with Gasteiger partial charge in [0.1, 0.15) is 0 Å². The molecule has 2 rings (SSSR count). The molecule has 98 valence electrons. The normalized spacial score (nSPS) is 11.3. The zero-order valence-corrected chi connectivity index (χ0v) is 9.82. The maximum Gasteiger partial charge on any atom is 0.416 e. The highest BCUT2D eigenvalue weighted by Gasteiger charge is 2.29. The lowest BCUT2D eigenvalue weighted by atomic mass is 10.0. The van der Waals surface area contributed by atoms with E-state index in [1.54, 1.807) is 12.1 Å². The Balaban J connectivity index is 2.10. The van der Waals surface area contributed by atoms with Gasteiger partial charge in [-0.25, -0.2) is 0 Å². The number of carbonyl (C=O) groups excluding carboxylic acids is 1. The molecule has 0 aliphatic heterocycles. The fourth-order valence-corrected chi connectivity index (χ4v) is 1.64. The Hall–Kier alpha value is -2.17. The molecule has 0 radical (unpaired) electrons. The fraction of sp³-hybridized carbons (Fsp3) is 0.143. The van der Waals surface area contributed by atoms with Gasteiger partial charge in [0.15, 0.2) is 5.78 Å². The number of halogens is 3. The average molecular weight is 265 g/mol. The molecule has 0 N–H and O–H groups in total. The molecule has 0 atom stereocenters. The lowest BCUT2D eigenvalue weighted by Gasteiger charge is -2.07. The average Bonchev–Trinajstić information content (AvgIpc) is 2.39. The molecule has 1 heterocycles. The summed E-state index contributed by atoms with van der Waals surface area (Å²) in [6, 6.07) is 7.76. The lowest BCUT2D eigenvalue weighted by molar-refractivity contribution is -0.137. The Morgan fingerprint density at radius 2 is 1.58 bits per heavy atom. The number of carbonyl (C=O) groups is 1. The Bertz CT molecular complexity index is 561. The molecule has 0 unspecified atom stereocenters. The summed E-state index contributed by atoms with van der Waals surface area (Å²) in [5, 5.41) is 0. The SMILES string of the molecule is O=C(Cc1ccc(C(F)(F)F)cc1)c1ccncc1. The second-order valence-corrected chi connectivity index (χ2v) is 4.03. The van der Waals surface area contributed by atoms with Gasteiger partial charge in [-0.1, -0.05) is 12.1 Å². The van der Waals surface area contributed by atoms with Gasteiger partial charge in [-0.15, -0.1) is 0 Å². The van der Waals surface area contributed by atoms with E-state index in [2.05, 4.69) is 4.98 Å². The summed E-state index contributed by atoms with van der Waals surface area (Å²) < 4.78 is 37.1. The Kier molecular flexibility index (Phi) is 3.64. The predicted molar refractivity (Wildman–Crippen MR) is 63.7 cm³/mol. The van der Waals surface area contributed by atoms with Crippen LogP contribution in [-0.4, -0.2) is 10.8 Å². The first-order chi connectivity index (χ1) is 8.97. The van der Waals surface area contributed by atoms with E-state index in [-0.39, 0.29) is 12.2 Å². The number of alkyl halides is 3. The third-order valence-electron chi connectivity index (χ3n) is 2.65. The second-order valence-electron chi connectivity index (χ2n) is 4.03. The molecular weight excluding hydrogens is 255 g/mol. The molecule has 0 fully saturated rings. The van der Waals surface area contributed by atoms with Crippen molar-refractivity contribution in [3.8, 4) is 0 Å². The molecule has 0 bridgehead atoms. The van der Waals surface area contributed by atoms with Gasteiger partial charge < -0.3 is 0 Å². The lowest BCUT2D eigenvalue weighted by Crippen LogP contribution is -2.06. The van der Waals surface area contributed by atoms with Crippen LogP contribution in [0.1, 0.15) is 21.5 Å². The van der Waals surface area contributed by atoms with E-state index in [1.165, 1.54) is 24.5 Å². The molecule has 0 spiro atoms. The standard InChI is InChI=1S/C14H10F3NO/c15-14(16,17)12-3-1-10(2-4-12)9-13(19)11-5-7-18-8-6-11/h1-8H,9H2. The molecule has 2 nitrogen and oxygen atoms in total. The van der Waals surface area contributed by atoms with Crippen LogP contribution in [-0.2, 0) is 12.6 Å². The van der Waals surface area contributed by atoms with Crippen LogP contribution in [0.5, 0.6) is 0 Å². The first-order valence-corrected chi connectivity index (χ1v) is 5.56. The summed E-state index contributed by atoms with van der Waals surface area (Å²) in [7, 11) is 0. The summed E-state index contributed by atoms with van der Waals surface area (Å²) in [4.78, 5) is 15.6. The number of aromatic nitrogens is 1. The maximum absolute atomic E-state index is 12.4. The van der Waals surface area contributed by atoms with Crippen LogP contribution in [0.3, 0.4) is 0 Å². The first kappa shape index (κ1) is 13.3. The van der Waals surface area contributed by atoms with E-state index in [0.29, 0.717) is 11.1 Å². The minimum absolute atomic E-state index is 0.0716. The first-order valence-electron chi connectivity index (χ1n) is 5.56. The highest BCUT2D eigenvalue weighted by molar-refractivity contribution is 5.97. The maximum atomic E-state index is 12.4. The van der Waals surface area contributed by atoms with E-state index >= 15 is 0 Å². The number of nitrogens with zero attached hydrogens (tertiary/aromatic N) is 1. The number of hydrogen-bond acceptors (Lipinski definition) is 2. The van der Waals surface area contributed by atoms with Crippen LogP contribution in [0.25, 0.3) is 0 Å². The zero-order valence-electron chi connectivity index (χ0n) is 9.82. The fourth-order valence-electron chi connectivity index (χ4n) is 1.64. The van der Waals surface area contributed by atoms with Crippen LogP contribution in [0, 0.1) is 0 Å². The molecule has 1 aromatic heterocycles. The van der Waals surface area contributed by atoms with Gasteiger partial charge in [-0.2, -0.15) is 13.2 Å². The number of benzene rings is 1. The second kappa shape index (κ2) is 5.22. The molecular formula is C14H10F3NO. The van der Waals surface area contributed by atoms with Crippen LogP contribution < -0.4 is 0 Å². The summed E-state index contributed by atoms with van der Waals surface area (Å²) in [5.74, 6) is -0.151. The van der Waals surface area contributed by atoms with Gasteiger partial charge in [-0.3, -0.25) is 9.78 Å². The molecule has 19 heavy (non-hydrogen) atoms. The molecule has 0 aliphatic rings. The van der Waals surface area contributed by atoms with Gasteiger partial charge in [0.05, 0.1) is 5.56 Å². The number of hydrogen-bond donors (Lipinski definition) is 0. The third-order valence-corrected chi connectivity index (χ3v) is 2.65. The number of pyridine rings is 1. The van der Waals surface area contributed by atoms with Gasteiger partial charge in [0.2, 0.25) is 0 Å². The van der Waals surface area contributed by atoms with Crippen molar-refractivity contribution in [3.05, 3.63) is 65.5 Å². The topological polar surface area (TPSA) is 30.0 Å². The summed E-state index contributed by atoms with van der Waals surface area (Å²) in [6.45, 7) is 0. The van der Waals surface area contributed by atoms with Crippen molar-refractivity contribution in [1.82, 2.24) is 4.98 Å². The van der Waals surface area contributed by atoms with E-state index in [0.717, 1.165) is 12.1 Å². The summed E-state index contributed by atoms with van der Waals surface area (Å²) in [5.41, 5.74) is 0.331. The van der Waals surface area contributed by atoms with E-state index in [1.807, 2.05) is 0 Å². The number of ketones is 1. The van der Waals surface area contributed by atoms with Gasteiger partial charge in [0.25, 0.3) is 0 Å². The van der Waals surface area contributed by atoms with E-state index in [4.69, 9.17) is 0 Å². The number of rotatable bonds is 3. The zero-order chi connectivity index (χ0) is 13.9. The van der Waals surface area contributed by atoms with Crippen molar-refractivity contribution in [2.24, 2.45) is 0 Å². The molecule has 0 saturated carbocycles.